The number of aliphatic hydroxyl groups excluding tert-OH is 1. The fourth-order valence-corrected chi connectivity index (χ4v) is 13.2. The van der Waals surface area contributed by atoms with Crippen LogP contribution in [0.5, 0.6) is 0 Å². The van der Waals surface area contributed by atoms with E-state index in [1.165, 1.54) is 87.3 Å². The van der Waals surface area contributed by atoms with Crippen LogP contribution in [0.4, 0.5) is 19.2 Å². The van der Waals surface area contributed by atoms with Gasteiger partial charge in [-0.15, -0.1) is 0 Å². The molecule has 0 aliphatic carbocycles. The Morgan fingerprint density at radius 3 is 1.04 bits per heavy atom. The molecule has 112 heavy (non-hydrogen) atoms. The van der Waals surface area contributed by atoms with Gasteiger partial charge in [0, 0.05) is 150 Å². The standard InChI is InChI=1S/C17H25NO5S.C14H26N2O3.C10H17NO4.C10H19NO3.C9H18N2O.C7H7ClO2S.C4H9NO.2C4H8O.B/c1-13-5-7-15(8-6-13)24(20,21)22-10-9-14-11-18(12-14)16(19)23-17(2,3)4;1-14(2,3)19-13(17)16-10-12(11-16)4-5-15-6-8-18-9-7-15;1-10(2,3)15-9(14)11-5-7(6-11)4-8(12)13;1-10(2,3)14-9(13)11-6-8(7-11)4-5-12;1(9-7-10-8-9)2-11-3-5-12-6-4-11;1-6-2-4-7(5-3-6)11(8,9)10;1-3-6-4-2-5-1;2*1-2-4-5-3-1;/h5-8,14H,9-12H2,1-4H3;12H,4-11H2,1-3H3;7H,4-6H2,1-3H3,(H,12,13);8,12H,4-7H2,1-3H3;9-10H,1-8H2;2-5H,1H3;5H,1-4H2;2*1-4H2;. The summed E-state index contributed by atoms with van der Waals surface area (Å²) < 4.78 is 97.1. The predicted molar refractivity (Wildman–Crippen MR) is 432 cm³/mol. The summed E-state index contributed by atoms with van der Waals surface area (Å²) in [5, 5.41) is 23.7. The van der Waals surface area contributed by atoms with Gasteiger partial charge < -0.3 is 83.1 Å². The van der Waals surface area contributed by atoms with Gasteiger partial charge >= 0.3 is 30.3 Å². The van der Waals surface area contributed by atoms with Crippen molar-refractivity contribution in [3.8, 4) is 0 Å². The largest absolute Gasteiger partial charge is 0.481 e. The minimum absolute atomic E-state index is 0. The number of carbonyl (C=O) groups is 5. The van der Waals surface area contributed by atoms with Gasteiger partial charge in [0.25, 0.3) is 19.2 Å². The SMILES string of the molecule is C1CCOC1.C1CCOC1.C1CN(CCC2CNC2)CCO1.C1COCCN1.CC(C)(C)OC(=O)N1CC(CC(=O)O)C1.CC(C)(C)OC(=O)N1CC(CCN2CCOCC2)C1.CC(C)(C)OC(=O)N1CC(CCO)C1.Cc1ccc(S(=O)(=O)Cl)cc1.Cc1ccc(S(=O)(=O)OCCC2CN(C(=O)OC(C)(C)C)C2)cc1.[B]. The van der Waals surface area contributed by atoms with Crippen LogP contribution in [0, 0.1) is 43.4 Å². The Labute approximate surface area is 676 Å². The number of carboxylic acid groups (broad SMARTS) is 1. The Hall–Kier alpha value is -5.20. The first-order valence-electron chi connectivity index (χ1n) is 39.6. The van der Waals surface area contributed by atoms with Crippen LogP contribution in [-0.4, -0.2) is 315 Å². The number of ether oxygens (including phenoxy) is 9. The lowest BCUT2D eigenvalue weighted by Crippen LogP contribution is -2.52. The predicted octanol–water partition coefficient (Wildman–Crippen LogP) is 9.77. The summed E-state index contributed by atoms with van der Waals surface area (Å²) in [4.78, 5) is 68.7. The number of rotatable bonds is 16. The second kappa shape index (κ2) is 51.8. The minimum Gasteiger partial charge on any atom is -0.481 e. The van der Waals surface area contributed by atoms with Crippen LogP contribution in [0.25, 0.3) is 0 Å². The zero-order valence-electron chi connectivity index (χ0n) is 69.7. The quantitative estimate of drug-likeness (QED) is 0.0525. The van der Waals surface area contributed by atoms with Crippen LogP contribution in [0.1, 0.15) is 152 Å². The number of amides is 4. The van der Waals surface area contributed by atoms with E-state index in [1.54, 1.807) is 59.7 Å². The average Bonchev–Trinajstić information content (AvgIpc) is 0.851. The summed E-state index contributed by atoms with van der Waals surface area (Å²) in [7, 11) is -2.18. The van der Waals surface area contributed by atoms with Crippen molar-refractivity contribution in [2.24, 2.45) is 29.6 Å². The molecular weight excluding hydrogens is 1510 g/mol. The normalized spacial score (nSPS) is 19.1. The molecule has 29 nitrogen and oxygen atoms in total. The van der Waals surface area contributed by atoms with Crippen LogP contribution < -0.4 is 10.6 Å². The summed E-state index contributed by atoms with van der Waals surface area (Å²) in [6.07, 6.45) is 8.04. The molecular formula is C79H137BClN8O21S2. The van der Waals surface area contributed by atoms with Crippen molar-refractivity contribution in [2.45, 2.75) is 187 Å². The highest BCUT2D eigenvalue weighted by Gasteiger charge is 2.38. The van der Waals surface area contributed by atoms with Crippen molar-refractivity contribution in [3.63, 3.8) is 0 Å². The van der Waals surface area contributed by atoms with E-state index in [2.05, 4.69) is 20.4 Å². The number of carbonyl (C=O) groups excluding carboxylic acids is 4. The molecule has 0 atom stereocenters. The number of aryl methyl sites for hydroxylation is 2. The zero-order valence-corrected chi connectivity index (χ0v) is 72.1. The molecule has 4 N–H and O–H groups in total. The smallest absolute Gasteiger partial charge is 0.410 e. The number of aliphatic hydroxyl groups is 1. The summed E-state index contributed by atoms with van der Waals surface area (Å²) in [5.41, 5.74) is 0.192. The summed E-state index contributed by atoms with van der Waals surface area (Å²) in [5.74, 6) is 1.54. The van der Waals surface area contributed by atoms with Crippen molar-refractivity contribution < 1.29 is 97.8 Å². The molecule has 10 saturated heterocycles. The van der Waals surface area contributed by atoms with E-state index in [9.17, 15) is 40.8 Å². The molecule has 2 aromatic rings. The topological polar surface area (TPSA) is 330 Å². The first-order chi connectivity index (χ1) is 52.2. The highest BCUT2D eigenvalue weighted by Crippen LogP contribution is 2.27. The average molecular weight is 1650 g/mol. The number of likely N-dealkylation sites (tertiary alicyclic amines) is 4. The molecule has 0 aromatic heterocycles. The summed E-state index contributed by atoms with van der Waals surface area (Å²) in [6.45, 7) is 52.2. The van der Waals surface area contributed by atoms with Crippen molar-refractivity contribution in [1.82, 2.24) is 40.0 Å². The Morgan fingerprint density at radius 2 is 0.759 bits per heavy atom. The van der Waals surface area contributed by atoms with Crippen LogP contribution in [-0.2, 0) is 70.8 Å². The van der Waals surface area contributed by atoms with E-state index in [1.807, 2.05) is 76.2 Å². The van der Waals surface area contributed by atoms with Crippen LogP contribution >= 0.6 is 10.7 Å². The maximum absolute atomic E-state index is 12.1. The van der Waals surface area contributed by atoms with Crippen molar-refractivity contribution >= 4 is 68.6 Å². The molecule has 10 fully saturated rings. The van der Waals surface area contributed by atoms with Gasteiger partial charge in [-0.25, -0.2) is 27.6 Å². The molecule has 33 heteroatoms. The molecule has 0 unspecified atom stereocenters. The van der Waals surface area contributed by atoms with Gasteiger partial charge in [-0.05, 0) is 222 Å². The maximum Gasteiger partial charge on any atom is 0.410 e. The molecule has 10 aliphatic rings. The number of halogens is 1. The monoisotopic (exact) mass is 1640 g/mol. The Morgan fingerprint density at radius 1 is 0.446 bits per heavy atom. The molecule has 0 spiro atoms. The van der Waals surface area contributed by atoms with E-state index in [4.69, 9.17) is 67.7 Å². The number of hydrogen-bond donors (Lipinski definition) is 4. The second-order valence-corrected chi connectivity index (χ2v) is 37.4. The first-order valence-corrected chi connectivity index (χ1v) is 43.3. The third-order valence-electron chi connectivity index (χ3n) is 18.1. The number of morpholine rings is 3. The van der Waals surface area contributed by atoms with Crippen LogP contribution in [0.2, 0.25) is 0 Å². The summed E-state index contributed by atoms with van der Waals surface area (Å²) >= 11 is 0. The van der Waals surface area contributed by atoms with Crippen molar-refractivity contribution in [1.29, 1.82) is 0 Å². The van der Waals surface area contributed by atoms with Gasteiger partial charge in [-0.3, -0.25) is 18.8 Å². The molecule has 10 aliphatic heterocycles. The van der Waals surface area contributed by atoms with Gasteiger partial charge in [-0.2, -0.15) is 8.42 Å². The fourth-order valence-electron chi connectivity index (χ4n) is 11.6. The van der Waals surface area contributed by atoms with Crippen LogP contribution in [0.3, 0.4) is 0 Å². The molecule has 10 heterocycles. The van der Waals surface area contributed by atoms with Crippen LogP contribution in [0.15, 0.2) is 58.3 Å². The van der Waals surface area contributed by atoms with Gasteiger partial charge in [0.2, 0.25) is 0 Å². The lowest BCUT2D eigenvalue weighted by molar-refractivity contribution is -0.139. The number of carboxylic acids is 1. The number of aliphatic carboxylic acids is 1. The Kier molecular flexibility index (Phi) is 46.7. The number of hydrogen-bond acceptors (Lipinski definition) is 24. The Bertz CT molecular complexity index is 3150. The van der Waals surface area contributed by atoms with Gasteiger partial charge in [0.1, 0.15) is 22.4 Å². The minimum atomic E-state index is -3.72. The van der Waals surface area contributed by atoms with Crippen molar-refractivity contribution in [2.75, 3.05) is 197 Å². The fraction of sp³-hybridized carbons (Fsp3) is 0.785. The summed E-state index contributed by atoms with van der Waals surface area (Å²) in [6, 6.07) is 12.9. The molecule has 0 saturated carbocycles. The lowest BCUT2D eigenvalue weighted by Gasteiger charge is -2.40. The molecule has 641 valence electrons. The van der Waals surface area contributed by atoms with E-state index < -0.39 is 47.5 Å². The Balaban J connectivity index is 0.000000338. The van der Waals surface area contributed by atoms with E-state index >= 15 is 0 Å². The van der Waals surface area contributed by atoms with E-state index in [0.717, 1.165) is 162 Å². The van der Waals surface area contributed by atoms with Gasteiger partial charge in [0.15, 0.2) is 0 Å². The third kappa shape index (κ3) is 45.9. The van der Waals surface area contributed by atoms with E-state index in [0.29, 0.717) is 44.4 Å². The maximum atomic E-state index is 12.1. The first kappa shape index (κ1) is 101. The van der Waals surface area contributed by atoms with E-state index in [-0.39, 0.29) is 74.0 Å². The lowest BCUT2D eigenvalue weighted by atomic mass is 9.96. The molecule has 4 amide bonds. The highest BCUT2D eigenvalue weighted by atomic mass is 35.7. The number of benzene rings is 2. The van der Waals surface area contributed by atoms with Crippen molar-refractivity contribution in [3.05, 3.63) is 59.7 Å². The van der Waals surface area contributed by atoms with Gasteiger partial charge in [0.05, 0.1) is 62.5 Å². The number of nitrogens with one attached hydrogen (secondary N) is 2. The molecule has 0 bridgehead atoms. The number of nitrogens with zero attached hydrogens (tertiary/aromatic N) is 6. The second-order valence-electron chi connectivity index (χ2n) is 33.3. The van der Waals surface area contributed by atoms with Gasteiger partial charge in [-0.1, -0.05) is 35.4 Å². The highest BCUT2D eigenvalue weighted by molar-refractivity contribution is 8.13. The third-order valence-corrected chi connectivity index (χ3v) is 20.8. The molecule has 2 aromatic carbocycles. The zero-order chi connectivity index (χ0) is 82.3. The molecule has 12 rings (SSSR count). The molecule has 3 radical (unpaired) electrons.